The maximum absolute atomic E-state index is 4.58. The van der Waals surface area contributed by atoms with Gasteiger partial charge in [-0.3, -0.25) is 0 Å². The van der Waals surface area contributed by atoms with Crippen molar-refractivity contribution >= 4 is 44.8 Å². The molecule has 0 aliphatic heterocycles. The van der Waals surface area contributed by atoms with Crippen LogP contribution in [-0.4, -0.2) is 18.0 Å². The van der Waals surface area contributed by atoms with Crippen LogP contribution in [0.15, 0.2) is 116 Å². The van der Waals surface area contributed by atoms with E-state index in [2.05, 4.69) is 135 Å². The zero-order valence-electron chi connectivity index (χ0n) is 25.6. The van der Waals surface area contributed by atoms with Gasteiger partial charge in [-0.05, 0) is 63.8 Å². The molecule has 0 atom stereocenters. The molecule has 3 heterocycles. The van der Waals surface area contributed by atoms with Gasteiger partial charge in [0.05, 0.1) is 8.07 Å². The van der Waals surface area contributed by atoms with E-state index in [4.69, 9.17) is 0 Å². The van der Waals surface area contributed by atoms with Crippen molar-refractivity contribution in [2.45, 2.75) is 33.5 Å². The molecule has 0 aliphatic rings. The number of rotatable bonds is 4. The molecule has 0 aliphatic carbocycles. The number of benzene rings is 4. The fraction of sp³-hybridized carbons (Fsp3) is 0.128. The van der Waals surface area contributed by atoms with Gasteiger partial charge in [0.15, 0.2) is 0 Å². The van der Waals surface area contributed by atoms with E-state index in [9.17, 15) is 0 Å². The van der Waals surface area contributed by atoms with Crippen LogP contribution < -0.4 is 5.19 Å². The molecule has 5 heteroatoms. The van der Waals surface area contributed by atoms with Crippen molar-refractivity contribution in [1.82, 2.24) is 9.97 Å². The topological polar surface area (TPSA) is 25.8 Å². The minimum Gasteiger partial charge on any atom is -0.305 e. The predicted molar refractivity (Wildman–Crippen MR) is 188 cm³/mol. The smallest absolute Gasteiger partial charge is 0.0798 e. The van der Waals surface area contributed by atoms with Crippen LogP contribution in [0, 0.1) is 26.0 Å². The second-order valence-corrected chi connectivity index (χ2v) is 18.0. The Labute approximate surface area is 279 Å². The Hall–Kier alpha value is -3.73. The molecule has 0 spiro atoms. The average Bonchev–Trinajstić information content (AvgIpc) is 3.40. The van der Waals surface area contributed by atoms with E-state index in [-0.39, 0.29) is 20.1 Å². The van der Waals surface area contributed by atoms with Gasteiger partial charge in [0.1, 0.15) is 0 Å². The van der Waals surface area contributed by atoms with E-state index in [1.807, 2.05) is 47.9 Å². The van der Waals surface area contributed by atoms with Crippen LogP contribution in [0.1, 0.15) is 11.1 Å². The largest absolute Gasteiger partial charge is 0.305 e. The number of pyridine rings is 2. The normalized spacial score (nSPS) is 11.1. The molecule has 0 N–H and O–H groups in total. The minimum absolute atomic E-state index is 0. The summed E-state index contributed by atoms with van der Waals surface area (Å²) in [5.41, 5.74) is 9.24. The fourth-order valence-corrected chi connectivity index (χ4v) is 8.41. The van der Waals surface area contributed by atoms with Gasteiger partial charge in [-0.1, -0.05) is 90.8 Å². The molecule has 0 amide bonds. The van der Waals surface area contributed by atoms with E-state index < -0.39 is 8.07 Å². The van der Waals surface area contributed by atoms with Crippen LogP contribution in [-0.2, 0) is 20.1 Å². The number of thiophene rings is 1. The monoisotopic (exact) mass is 783 g/mol. The third-order valence-electron chi connectivity index (χ3n) is 7.62. The van der Waals surface area contributed by atoms with E-state index in [0.29, 0.717) is 0 Å². The number of fused-ring (bicyclic) bond motifs is 3. The average molecular weight is 783 g/mol. The Morgan fingerprint density at radius 1 is 0.682 bits per heavy atom. The molecule has 221 valence electrons. The molecule has 2 nitrogen and oxygen atoms in total. The zero-order chi connectivity index (χ0) is 30.0. The van der Waals surface area contributed by atoms with Gasteiger partial charge in [0.2, 0.25) is 0 Å². The summed E-state index contributed by atoms with van der Waals surface area (Å²) in [6.07, 6.45) is 3.93. The zero-order valence-corrected chi connectivity index (χ0v) is 29.8. The van der Waals surface area contributed by atoms with Crippen LogP contribution in [0.2, 0.25) is 19.6 Å². The first kappa shape index (κ1) is 31.7. The molecule has 1 radical (unpaired) electrons. The van der Waals surface area contributed by atoms with Crippen molar-refractivity contribution in [2.24, 2.45) is 0 Å². The summed E-state index contributed by atoms with van der Waals surface area (Å²) >= 11 is 1.83. The minimum atomic E-state index is -1.27. The van der Waals surface area contributed by atoms with Crippen LogP contribution in [0.4, 0.5) is 0 Å². The Kier molecular flexibility index (Phi) is 9.72. The van der Waals surface area contributed by atoms with Gasteiger partial charge >= 0.3 is 0 Å². The fourth-order valence-electron chi connectivity index (χ4n) is 5.46. The third kappa shape index (κ3) is 6.82. The van der Waals surface area contributed by atoms with Crippen LogP contribution in [0.25, 0.3) is 53.8 Å². The quantitative estimate of drug-likeness (QED) is 0.131. The predicted octanol–water partition coefficient (Wildman–Crippen LogP) is 10.3. The van der Waals surface area contributed by atoms with E-state index >= 15 is 0 Å². The van der Waals surface area contributed by atoms with Crippen LogP contribution in [0.5, 0.6) is 0 Å². The standard InChI is InChI=1S/C24H16NS.C15H18NSi.Ir/c1-16-12-13-25-22(14-16)21-9-5-8-20-19-11-10-18(15-23(19)26-24(20)21)17-6-3-2-4-7-17;1-12-10-14(13-8-6-5-7-9-13)16-11-15(12)17(2,3)4;/h2-8,10-15H,1H3;5-8,10-11H,1-4H3;/q2*-1;. The molecule has 7 rings (SSSR count). The molecule has 44 heavy (non-hydrogen) atoms. The van der Waals surface area contributed by atoms with Gasteiger partial charge < -0.3 is 9.97 Å². The number of aromatic nitrogens is 2. The first-order valence-corrected chi connectivity index (χ1v) is 18.9. The van der Waals surface area contributed by atoms with Gasteiger partial charge in [0.25, 0.3) is 0 Å². The van der Waals surface area contributed by atoms with Gasteiger partial charge in [0, 0.05) is 37.2 Å². The summed E-state index contributed by atoms with van der Waals surface area (Å²) in [6.45, 7) is 11.3. The molecule has 3 aromatic heterocycles. The third-order valence-corrected chi connectivity index (χ3v) is 10.9. The summed E-state index contributed by atoms with van der Waals surface area (Å²) in [5, 5.41) is 4.02. The summed E-state index contributed by atoms with van der Waals surface area (Å²) in [7, 11) is -1.27. The van der Waals surface area contributed by atoms with Gasteiger partial charge in [-0.15, -0.1) is 59.7 Å². The van der Waals surface area contributed by atoms with E-state index in [1.165, 1.54) is 47.6 Å². The van der Waals surface area contributed by atoms with Crippen molar-refractivity contribution in [3.8, 4) is 33.6 Å². The molecule has 4 aromatic carbocycles. The molecule has 0 saturated carbocycles. The molecule has 0 saturated heterocycles. The van der Waals surface area contributed by atoms with Crippen LogP contribution in [0.3, 0.4) is 0 Å². The summed E-state index contributed by atoms with van der Waals surface area (Å²) in [5.74, 6) is 0. The first-order chi connectivity index (χ1) is 20.8. The van der Waals surface area contributed by atoms with Crippen molar-refractivity contribution < 1.29 is 20.1 Å². The number of nitrogens with zero attached hydrogens (tertiary/aromatic N) is 2. The molecular weight excluding hydrogens is 749 g/mol. The van der Waals surface area contributed by atoms with Crippen LogP contribution >= 0.6 is 11.3 Å². The summed E-state index contributed by atoms with van der Waals surface area (Å²) in [6, 6.07) is 42.4. The number of hydrogen-bond donors (Lipinski definition) is 0. The van der Waals surface area contributed by atoms with Crippen molar-refractivity contribution in [2.75, 3.05) is 0 Å². The van der Waals surface area contributed by atoms with Crippen molar-refractivity contribution in [3.63, 3.8) is 0 Å². The second kappa shape index (κ2) is 13.5. The van der Waals surface area contributed by atoms with Crippen molar-refractivity contribution in [3.05, 3.63) is 139 Å². The van der Waals surface area contributed by atoms with Gasteiger partial charge in [-0.2, -0.15) is 11.3 Å². The molecule has 0 bridgehead atoms. The molecule has 7 aromatic rings. The Balaban J connectivity index is 0.000000187. The summed E-state index contributed by atoms with van der Waals surface area (Å²) in [4.78, 5) is 9.15. The maximum atomic E-state index is 4.58. The SMILES string of the molecule is Cc1cc(-c2[c-]cccc2)ncc1[Si](C)(C)C.Cc1ccnc(-c2[c-]ccc3c2sc2cc(-c4ccccc4)ccc23)c1.[Ir]. The summed E-state index contributed by atoms with van der Waals surface area (Å²) < 4.78 is 2.56. The second-order valence-electron chi connectivity index (χ2n) is 11.9. The molecule has 0 fully saturated rings. The molecule has 0 unspecified atom stereocenters. The van der Waals surface area contributed by atoms with Gasteiger partial charge in [-0.25, -0.2) is 0 Å². The maximum Gasteiger partial charge on any atom is 0.0798 e. The number of hydrogen-bond acceptors (Lipinski definition) is 3. The molecular formula is C39H34IrN2SSi-2. The van der Waals surface area contributed by atoms with E-state index in [1.54, 1.807) is 0 Å². The number of aryl methyl sites for hydroxylation is 2. The van der Waals surface area contributed by atoms with E-state index in [0.717, 1.165) is 22.5 Å². The Morgan fingerprint density at radius 3 is 2.18 bits per heavy atom. The Bertz CT molecular complexity index is 2030. The first-order valence-electron chi connectivity index (χ1n) is 14.6. The Morgan fingerprint density at radius 2 is 1.48 bits per heavy atom. The van der Waals surface area contributed by atoms with Crippen molar-refractivity contribution in [1.29, 1.82) is 0 Å².